The average molecular weight is 434 g/mol. The summed E-state index contributed by atoms with van der Waals surface area (Å²) in [5.74, 6) is -0.0985. The summed E-state index contributed by atoms with van der Waals surface area (Å²) in [5, 5.41) is 3.59. The van der Waals surface area contributed by atoms with Crippen molar-refractivity contribution in [2.24, 2.45) is 0 Å². The lowest BCUT2D eigenvalue weighted by Gasteiger charge is -2.43. The molecule has 168 valence electrons. The number of fused-ring (bicyclic) bond motifs is 3. The van der Waals surface area contributed by atoms with Crippen molar-refractivity contribution >= 4 is 11.9 Å². The van der Waals surface area contributed by atoms with E-state index in [0.29, 0.717) is 6.54 Å². The van der Waals surface area contributed by atoms with Crippen LogP contribution in [0.3, 0.4) is 0 Å². The number of urea groups is 1. The zero-order chi connectivity index (χ0) is 22.2. The monoisotopic (exact) mass is 433 g/mol. The zero-order valence-electron chi connectivity index (χ0n) is 18.8. The zero-order valence-corrected chi connectivity index (χ0v) is 18.8. The Morgan fingerprint density at radius 1 is 0.969 bits per heavy atom. The lowest BCUT2D eigenvalue weighted by atomic mass is 10.1. The Kier molecular flexibility index (Phi) is 5.71. The standard InChI is InChI=1S/C25H31N5O2/c1-18-9-11-20(12-10-18)17-30-23(31)21-22(27(2)25(30)32)26-24-28(14-6-15-29(21)24)16-13-19-7-4-3-5-8-19/h3-5,7-12,21-22,24,26H,6,13-17H2,1-2H3. The van der Waals surface area contributed by atoms with Crippen LogP contribution in [0.4, 0.5) is 4.79 Å². The molecule has 32 heavy (non-hydrogen) atoms. The Hall–Kier alpha value is -2.74. The number of hydrogen-bond acceptors (Lipinski definition) is 5. The maximum absolute atomic E-state index is 13.6. The number of hydrogen-bond donors (Lipinski definition) is 1. The Labute approximate surface area is 189 Å². The van der Waals surface area contributed by atoms with Gasteiger partial charge in [0.1, 0.15) is 18.5 Å². The van der Waals surface area contributed by atoms with Crippen LogP contribution in [0.15, 0.2) is 54.6 Å². The largest absolute Gasteiger partial charge is 0.328 e. The number of likely N-dealkylation sites (N-methyl/N-ethyl adjacent to an activating group) is 1. The van der Waals surface area contributed by atoms with Crippen molar-refractivity contribution in [3.63, 3.8) is 0 Å². The number of nitrogens with zero attached hydrogens (tertiary/aromatic N) is 4. The third-order valence-electron chi connectivity index (χ3n) is 6.96. The summed E-state index contributed by atoms with van der Waals surface area (Å²) in [6.07, 6.45) is 1.65. The molecule has 0 radical (unpaired) electrons. The number of imide groups is 1. The van der Waals surface area contributed by atoms with Gasteiger partial charge in [-0.1, -0.05) is 60.2 Å². The Morgan fingerprint density at radius 2 is 1.72 bits per heavy atom. The summed E-state index contributed by atoms with van der Waals surface area (Å²) in [7, 11) is 1.80. The molecule has 2 aromatic rings. The van der Waals surface area contributed by atoms with Gasteiger partial charge in [-0.3, -0.25) is 24.8 Å². The van der Waals surface area contributed by atoms with Gasteiger partial charge >= 0.3 is 6.03 Å². The molecule has 3 saturated heterocycles. The molecule has 7 nitrogen and oxygen atoms in total. The van der Waals surface area contributed by atoms with Crippen molar-refractivity contribution in [2.75, 3.05) is 26.7 Å². The van der Waals surface area contributed by atoms with E-state index in [4.69, 9.17) is 0 Å². The maximum atomic E-state index is 13.6. The van der Waals surface area contributed by atoms with Crippen LogP contribution < -0.4 is 5.32 Å². The van der Waals surface area contributed by atoms with Crippen molar-refractivity contribution in [2.45, 2.75) is 44.8 Å². The van der Waals surface area contributed by atoms with E-state index in [9.17, 15) is 9.59 Å². The van der Waals surface area contributed by atoms with Crippen molar-refractivity contribution in [3.8, 4) is 0 Å². The summed E-state index contributed by atoms with van der Waals surface area (Å²) < 4.78 is 0. The molecule has 3 amide bonds. The van der Waals surface area contributed by atoms with Gasteiger partial charge < -0.3 is 4.90 Å². The lowest BCUT2D eigenvalue weighted by Crippen LogP contribution is -2.66. The maximum Gasteiger partial charge on any atom is 0.328 e. The minimum absolute atomic E-state index is 0.0269. The first kappa shape index (κ1) is 21.1. The summed E-state index contributed by atoms with van der Waals surface area (Å²) in [6, 6.07) is 17.9. The molecular formula is C25H31N5O2. The highest BCUT2D eigenvalue weighted by molar-refractivity contribution is 6.00. The number of aryl methyl sites for hydroxylation is 1. The van der Waals surface area contributed by atoms with Gasteiger partial charge in [0.25, 0.3) is 5.91 Å². The molecule has 0 bridgehead atoms. The van der Waals surface area contributed by atoms with E-state index in [0.717, 1.165) is 43.6 Å². The van der Waals surface area contributed by atoms with Crippen LogP contribution in [0.25, 0.3) is 0 Å². The number of rotatable bonds is 5. The third kappa shape index (κ3) is 3.81. The summed E-state index contributed by atoms with van der Waals surface area (Å²) in [4.78, 5) is 34.4. The fourth-order valence-corrected chi connectivity index (χ4v) is 5.17. The quantitative estimate of drug-likeness (QED) is 0.784. The Bertz CT molecular complexity index is 980. The van der Waals surface area contributed by atoms with Gasteiger partial charge in [0.15, 0.2) is 0 Å². The van der Waals surface area contributed by atoms with Gasteiger partial charge in [0.2, 0.25) is 0 Å². The molecule has 3 unspecified atom stereocenters. The van der Waals surface area contributed by atoms with Gasteiger partial charge in [0, 0.05) is 26.7 Å². The van der Waals surface area contributed by atoms with Gasteiger partial charge in [-0.25, -0.2) is 4.79 Å². The van der Waals surface area contributed by atoms with E-state index < -0.39 is 0 Å². The second-order valence-electron chi connectivity index (χ2n) is 9.10. The molecule has 3 atom stereocenters. The number of carbonyl (C=O) groups excluding carboxylic acids is 2. The fourth-order valence-electron chi connectivity index (χ4n) is 5.17. The molecule has 5 rings (SSSR count). The van der Waals surface area contributed by atoms with E-state index >= 15 is 0 Å². The molecular weight excluding hydrogens is 402 g/mol. The van der Waals surface area contributed by atoms with Crippen LogP contribution in [0, 0.1) is 6.92 Å². The molecule has 0 aliphatic carbocycles. The van der Waals surface area contributed by atoms with Gasteiger partial charge in [-0.05, 0) is 30.9 Å². The Morgan fingerprint density at radius 3 is 2.47 bits per heavy atom. The van der Waals surface area contributed by atoms with Gasteiger partial charge in [0.05, 0.1) is 6.54 Å². The molecule has 3 fully saturated rings. The number of benzene rings is 2. The highest BCUT2D eigenvalue weighted by Gasteiger charge is 2.55. The highest BCUT2D eigenvalue weighted by atomic mass is 16.2. The predicted octanol–water partition coefficient (Wildman–Crippen LogP) is 2.22. The molecule has 1 N–H and O–H groups in total. The number of carbonyl (C=O) groups is 2. The smallest absolute Gasteiger partial charge is 0.310 e. The van der Waals surface area contributed by atoms with Crippen molar-refractivity contribution in [3.05, 3.63) is 71.3 Å². The predicted molar refractivity (Wildman–Crippen MR) is 122 cm³/mol. The molecule has 2 aromatic carbocycles. The van der Waals surface area contributed by atoms with Crippen LogP contribution in [0.5, 0.6) is 0 Å². The Balaban J connectivity index is 1.33. The molecule has 7 heteroatoms. The minimum Gasteiger partial charge on any atom is -0.310 e. The van der Waals surface area contributed by atoms with Crippen molar-refractivity contribution < 1.29 is 9.59 Å². The minimum atomic E-state index is -0.354. The van der Waals surface area contributed by atoms with Crippen LogP contribution in [0.2, 0.25) is 0 Å². The van der Waals surface area contributed by atoms with Crippen LogP contribution in [-0.4, -0.2) is 76.7 Å². The van der Waals surface area contributed by atoms with Crippen LogP contribution >= 0.6 is 0 Å². The molecule has 0 spiro atoms. The first-order valence-electron chi connectivity index (χ1n) is 11.5. The molecule has 3 aliphatic rings. The van der Waals surface area contributed by atoms with Gasteiger partial charge in [-0.2, -0.15) is 0 Å². The number of amides is 3. The molecule has 3 aliphatic heterocycles. The third-order valence-corrected chi connectivity index (χ3v) is 6.96. The first-order valence-corrected chi connectivity index (χ1v) is 11.5. The van der Waals surface area contributed by atoms with E-state index in [1.165, 1.54) is 10.5 Å². The van der Waals surface area contributed by atoms with Crippen molar-refractivity contribution in [1.29, 1.82) is 0 Å². The fraction of sp³-hybridized carbons (Fsp3) is 0.440. The molecule has 3 heterocycles. The van der Waals surface area contributed by atoms with Gasteiger partial charge in [-0.15, -0.1) is 0 Å². The van der Waals surface area contributed by atoms with E-state index in [2.05, 4.69) is 39.4 Å². The average Bonchev–Trinajstić information content (AvgIpc) is 3.21. The van der Waals surface area contributed by atoms with E-state index in [-0.39, 0.29) is 30.4 Å². The second-order valence-corrected chi connectivity index (χ2v) is 9.10. The van der Waals surface area contributed by atoms with Crippen LogP contribution in [-0.2, 0) is 17.8 Å². The van der Waals surface area contributed by atoms with E-state index in [1.54, 1.807) is 11.9 Å². The topological polar surface area (TPSA) is 59.1 Å². The summed E-state index contributed by atoms with van der Waals surface area (Å²) in [6.45, 7) is 5.09. The van der Waals surface area contributed by atoms with Crippen LogP contribution in [0.1, 0.15) is 23.1 Å². The normalized spacial score (nSPS) is 26.4. The summed E-state index contributed by atoms with van der Waals surface area (Å²) >= 11 is 0. The second kappa shape index (κ2) is 8.65. The highest BCUT2D eigenvalue weighted by Crippen LogP contribution is 2.31. The summed E-state index contributed by atoms with van der Waals surface area (Å²) in [5.41, 5.74) is 3.44. The van der Waals surface area contributed by atoms with E-state index in [1.807, 2.05) is 37.3 Å². The SMILES string of the molecule is Cc1ccc(CN2C(=O)C3C(NC4N(CCc5ccccc5)CCCN34)N(C)C2=O)cc1. The first-order chi connectivity index (χ1) is 15.5. The number of nitrogens with one attached hydrogen (secondary N) is 1. The molecule has 0 aromatic heterocycles. The lowest BCUT2D eigenvalue weighted by molar-refractivity contribution is -0.140. The van der Waals surface area contributed by atoms with Crippen molar-refractivity contribution in [1.82, 2.24) is 24.9 Å². The molecule has 0 saturated carbocycles.